The first-order chi connectivity index (χ1) is 8.35. The summed E-state index contributed by atoms with van der Waals surface area (Å²) < 4.78 is 25.6. The summed E-state index contributed by atoms with van der Waals surface area (Å²) in [6.45, 7) is 0.278. The van der Waals surface area contributed by atoms with Gasteiger partial charge in [-0.2, -0.15) is 0 Å². The molecule has 1 rings (SSSR count). The molecule has 0 fully saturated rings. The second-order valence-corrected chi connectivity index (χ2v) is 6.91. The molecule has 18 heavy (non-hydrogen) atoms. The number of nitrogens with two attached hydrogens (primary N) is 1. The number of nitrogens with one attached hydrogen (secondary N) is 2. The second kappa shape index (κ2) is 6.46. The normalized spacial score (nSPS) is 11.2. The molecule has 0 aliphatic heterocycles. The minimum Gasteiger partial charge on any atom is -0.389 e. The van der Waals surface area contributed by atoms with Crippen molar-refractivity contribution in [3.63, 3.8) is 0 Å². The Kier molecular flexibility index (Phi) is 5.51. The summed E-state index contributed by atoms with van der Waals surface area (Å²) in [4.78, 5) is 0.260. The van der Waals surface area contributed by atoms with E-state index in [4.69, 9.17) is 18.0 Å². The predicted molar refractivity (Wildman–Crippen MR) is 81.4 cm³/mol. The topological polar surface area (TPSA) is 84.2 Å². The summed E-state index contributed by atoms with van der Waals surface area (Å²) in [5.41, 5.74) is 7.01. The highest BCUT2D eigenvalue weighted by molar-refractivity contribution is 9.10. The van der Waals surface area contributed by atoms with Crippen LogP contribution in [0.1, 0.15) is 5.56 Å². The Balaban J connectivity index is 2.77. The van der Waals surface area contributed by atoms with Crippen molar-refractivity contribution in [2.45, 2.75) is 0 Å². The molecule has 0 atom stereocenters. The molecule has 1 aromatic carbocycles. The van der Waals surface area contributed by atoms with E-state index in [1.54, 1.807) is 12.1 Å². The lowest BCUT2D eigenvalue weighted by atomic mass is 10.2. The fourth-order valence-corrected chi connectivity index (χ4v) is 2.40. The molecule has 0 aliphatic carbocycles. The average molecular weight is 352 g/mol. The molecule has 0 aliphatic rings. The van der Waals surface area contributed by atoms with Crippen molar-refractivity contribution >= 4 is 48.8 Å². The molecule has 0 heterocycles. The van der Waals surface area contributed by atoms with Crippen LogP contribution in [-0.2, 0) is 10.0 Å². The molecule has 0 aromatic heterocycles. The largest absolute Gasteiger partial charge is 0.389 e. The van der Waals surface area contributed by atoms with Crippen LogP contribution < -0.4 is 15.8 Å². The number of rotatable bonds is 6. The van der Waals surface area contributed by atoms with Gasteiger partial charge in [-0.3, -0.25) is 0 Å². The summed E-state index contributed by atoms with van der Waals surface area (Å²) in [6, 6.07) is 5.42. The lowest BCUT2D eigenvalue weighted by Crippen LogP contribution is -2.26. The fraction of sp³-hybridized carbons (Fsp3) is 0.300. The molecule has 0 saturated heterocycles. The average Bonchev–Trinajstić information content (AvgIpc) is 2.30. The van der Waals surface area contributed by atoms with Gasteiger partial charge in [0.2, 0.25) is 10.0 Å². The van der Waals surface area contributed by atoms with Crippen LogP contribution in [-0.4, -0.2) is 32.8 Å². The molecule has 1 aromatic rings. The van der Waals surface area contributed by atoms with Crippen LogP contribution in [0.2, 0.25) is 0 Å². The Labute approximate surface area is 120 Å². The molecule has 100 valence electrons. The smallest absolute Gasteiger partial charge is 0.213 e. The highest BCUT2D eigenvalue weighted by atomic mass is 79.9. The van der Waals surface area contributed by atoms with E-state index in [-0.39, 0.29) is 17.3 Å². The first-order valence-electron chi connectivity index (χ1n) is 5.10. The Morgan fingerprint density at radius 3 is 2.72 bits per heavy atom. The predicted octanol–water partition coefficient (Wildman–Crippen LogP) is 1.04. The van der Waals surface area contributed by atoms with E-state index in [0.717, 1.165) is 10.2 Å². The summed E-state index contributed by atoms with van der Waals surface area (Å²) in [5.74, 6) is -0.0175. The Bertz CT molecular complexity index is 546. The monoisotopic (exact) mass is 351 g/mol. The highest BCUT2D eigenvalue weighted by Crippen LogP contribution is 2.20. The zero-order valence-electron chi connectivity index (χ0n) is 9.73. The van der Waals surface area contributed by atoms with Gasteiger partial charge in [-0.05, 0) is 25.2 Å². The molecule has 5 nitrogen and oxygen atoms in total. The quantitative estimate of drug-likeness (QED) is 0.667. The van der Waals surface area contributed by atoms with E-state index in [1.807, 2.05) is 6.07 Å². The number of hydrogen-bond acceptors (Lipinski definition) is 4. The van der Waals surface area contributed by atoms with Crippen molar-refractivity contribution in [2.75, 3.05) is 24.7 Å². The van der Waals surface area contributed by atoms with Crippen LogP contribution in [0.25, 0.3) is 0 Å². The van der Waals surface area contributed by atoms with Gasteiger partial charge in [0.1, 0.15) is 4.99 Å². The third kappa shape index (κ3) is 4.52. The Hall–Kier alpha value is -0.700. The zero-order chi connectivity index (χ0) is 13.8. The maximum absolute atomic E-state index is 11.3. The van der Waals surface area contributed by atoms with Crippen LogP contribution in [0.3, 0.4) is 0 Å². The number of benzene rings is 1. The van der Waals surface area contributed by atoms with Gasteiger partial charge in [0.15, 0.2) is 0 Å². The first-order valence-corrected chi connectivity index (χ1v) is 7.95. The molecule has 0 unspecified atom stereocenters. The van der Waals surface area contributed by atoms with E-state index in [9.17, 15) is 8.42 Å². The van der Waals surface area contributed by atoms with E-state index in [1.165, 1.54) is 7.05 Å². The van der Waals surface area contributed by atoms with Crippen molar-refractivity contribution in [2.24, 2.45) is 5.73 Å². The summed E-state index contributed by atoms with van der Waals surface area (Å²) in [7, 11) is -1.83. The van der Waals surface area contributed by atoms with Crippen LogP contribution in [0.4, 0.5) is 5.69 Å². The third-order valence-corrected chi connectivity index (χ3v) is 4.32. The van der Waals surface area contributed by atoms with Crippen LogP contribution in [0.15, 0.2) is 22.7 Å². The zero-order valence-corrected chi connectivity index (χ0v) is 13.0. The Morgan fingerprint density at radius 2 is 2.17 bits per heavy atom. The minimum absolute atomic E-state index is 0.0175. The SMILES string of the molecule is CNS(=O)(=O)CCNc1ccc(Br)cc1C(N)=S. The number of anilines is 1. The van der Waals surface area contributed by atoms with Crippen molar-refractivity contribution in [3.8, 4) is 0 Å². The highest BCUT2D eigenvalue weighted by Gasteiger charge is 2.09. The summed E-state index contributed by atoms with van der Waals surface area (Å²) in [6.07, 6.45) is 0. The van der Waals surface area contributed by atoms with Crippen molar-refractivity contribution in [3.05, 3.63) is 28.2 Å². The van der Waals surface area contributed by atoms with Gasteiger partial charge in [0, 0.05) is 22.3 Å². The molecule has 8 heteroatoms. The van der Waals surface area contributed by atoms with Gasteiger partial charge < -0.3 is 11.1 Å². The number of halogens is 1. The van der Waals surface area contributed by atoms with E-state index >= 15 is 0 Å². The summed E-state index contributed by atoms with van der Waals surface area (Å²) in [5, 5.41) is 3.00. The standard InChI is InChI=1S/C10H14BrN3O2S2/c1-13-18(15,16)5-4-14-9-3-2-7(11)6-8(9)10(12)17/h2-3,6,13-14H,4-5H2,1H3,(H2,12,17). The van der Waals surface area contributed by atoms with Gasteiger partial charge >= 0.3 is 0 Å². The van der Waals surface area contributed by atoms with Gasteiger partial charge in [0.05, 0.1) is 5.75 Å². The fourth-order valence-electron chi connectivity index (χ4n) is 1.30. The van der Waals surface area contributed by atoms with Crippen LogP contribution in [0, 0.1) is 0 Å². The van der Waals surface area contributed by atoms with Crippen LogP contribution >= 0.6 is 28.1 Å². The maximum Gasteiger partial charge on any atom is 0.213 e. The van der Waals surface area contributed by atoms with Gasteiger partial charge in [-0.1, -0.05) is 28.1 Å². The number of hydrogen-bond donors (Lipinski definition) is 3. The lowest BCUT2D eigenvalue weighted by Gasteiger charge is -2.11. The molecular formula is C10H14BrN3O2S2. The van der Waals surface area contributed by atoms with Crippen LogP contribution in [0.5, 0.6) is 0 Å². The molecular weight excluding hydrogens is 338 g/mol. The molecule has 0 bridgehead atoms. The van der Waals surface area contributed by atoms with E-state index in [0.29, 0.717) is 5.56 Å². The summed E-state index contributed by atoms with van der Waals surface area (Å²) >= 11 is 8.27. The number of sulfonamides is 1. The molecule has 0 saturated carbocycles. The second-order valence-electron chi connectivity index (χ2n) is 3.50. The van der Waals surface area contributed by atoms with Crippen molar-refractivity contribution in [1.82, 2.24) is 4.72 Å². The van der Waals surface area contributed by atoms with E-state index in [2.05, 4.69) is 26.0 Å². The number of thiocarbonyl (C=S) groups is 1. The third-order valence-electron chi connectivity index (χ3n) is 2.24. The molecule has 0 amide bonds. The van der Waals surface area contributed by atoms with E-state index < -0.39 is 10.0 Å². The van der Waals surface area contributed by atoms with Crippen molar-refractivity contribution in [1.29, 1.82) is 0 Å². The van der Waals surface area contributed by atoms with Gasteiger partial charge in [-0.15, -0.1) is 0 Å². The maximum atomic E-state index is 11.3. The van der Waals surface area contributed by atoms with Gasteiger partial charge in [-0.25, -0.2) is 13.1 Å². The molecule has 0 spiro atoms. The lowest BCUT2D eigenvalue weighted by molar-refractivity contribution is 0.588. The van der Waals surface area contributed by atoms with Crippen molar-refractivity contribution < 1.29 is 8.42 Å². The molecule has 4 N–H and O–H groups in total. The van der Waals surface area contributed by atoms with Gasteiger partial charge in [0.25, 0.3) is 0 Å². The molecule has 0 radical (unpaired) electrons. The first kappa shape index (κ1) is 15.4. The Morgan fingerprint density at radius 1 is 1.50 bits per heavy atom. The minimum atomic E-state index is -3.22.